The molecular weight excluding hydrogens is 314 g/mol. The molecule has 0 radical (unpaired) electrons. The maximum atomic E-state index is 11.8. The first-order valence-corrected chi connectivity index (χ1v) is 9.36. The Morgan fingerprint density at radius 3 is 2.48 bits per heavy atom. The Hall–Kier alpha value is -0.940. The van der Waals surface area contributed by atoms with Crippen LogP contribution in [0.2, 0.25) is 0 Å². The van der Waals surface area contributed by atoms with Gasteiger partial charge in [-0.25, -0.2) is 0 Å². The molecular formula is C21H33NO3. The van der Waals surface area contributed by atoms with Crippen molar-refractivity contribution < 1.29 is 14.6 Å². The lowest BCUT2D eigenvalue weighted by Crippen LogP contribution is -2.57. The number of ether oxygens (including phenoxy) is 2. The lowest BCUT2D eigenvalue weighted by atomic mass is 9.68. The molecule has 4 heteroatoms. The van der Waals surface area contributed by atoms with Crippen molar-refractivity contribution >= 4 is 0 Å². The van der Waals surface area contributed by atoms with Crippen molar-refractivity contribution in [3.63, 3.8) is 0 Å². The molecule has 1 spiro atoms. The molecule has 2 unspecified atom stereocenters. The maximum absolute atomic E-state index is 11.8. The van der Waals surface area contributed by atoms with Crippen molar-refractivity contribution in [3.05, 3.63) is 35.4 Å². The summed E-state index contributed by atoms with van der Waals surface area (Å²) in [7, 11) is 4.13. The van der Waals surface area contributed by atoms with Crippen molar-refractivity contribution in [2.45, 2.75) is 51.4 Å². The number of hydrogen-bond acceptors (Lipinski definition) is 4. The molecule has 2 fully saturated rings. The monoisotopic (exact) mass is 347 g/mol. The maximum Gasteiger partial charge on any atom is 0.171 e. The van der Waals surface area contributed by atoms with Gasteiger partial charge >= 0.3 is 0 Å². The van der Waals surface area contributed by atoms with Crippen LogP contribution in [0.1, 0.15) is 44.2 Å². The third-order valence-corrected chi connectivity index (χ3v) is 5.64. The molecule has 2 aliphatic rings. The number of aryl methyl sites for hydroxylation is 1. The number of hydrogen-bond donors (Lipinski definition) is 1. The lowest BCUT2D eigenvalue weighted by molar-refractivity contribution is -0.336. The molecule has 4 nitrogen and oxygen atoms in total. The summed E-state index contributed by atoms with van der Waals surface area (Å²) in [4.78, 5) is 2.16. The zero-order chi connectivity index (χ0) is 18.3. The second-order valence-electron chi connectivity index (χ2n) is 9.12. The highest BCUT2D eigenvalue weighted by atomic mass is 16.7. The Kier molecular flexibility index (Phi) is 5.02. The van der Waals surface area contributed by atoms with Gasteiger partial charge in [-0.3, -0.25) is 0 Å². The molecule has 1 aliphatic carbocycles. The molecule has 1 aromatic carbocycles. The average molecular weight is 347 g/mol. The fourth-order valence-corrected chi connectivity index (χ4v) is 4.19. The van der Waals surface area contributed by atoms with Gasteiger partial charge in [0.1, 0.15) is 0 Å². The van der Waals surface area contributed by atoms with Crippen molar-refractivity contribution in [2.24, 2.45) is 11.3 Å². The first-order chi connectivity index (χ1) is 11.6. The third kappa shape index (κ3) is 3.92. The van der Waals surface area contributed by atoms with E-state index in [1.807, 2.05) is 12.1 Å². The minimum atomic E-state index is -0.935. The van der Waals surface area contributed by atoms with E-state index in [1.165, 1.54) is 5.56 Å². The summed E-state index contributed by atoms with van der Waals surface area (Å²) < 4.78 is 12.5. The van der Waals surface area contributed by atoms with Crippen LogP contribution in [0.3, 0.4) is 0 Å². The van der Waals surface area contributed by atoms with Crippen LogP contribution in [0.4, 0.5) is 0 Å². The number of nitrogens with zero attached hydrogens (tertiary/aromatic N) is 1. The minimum absolute atomic E-state index is 0.0349. The predicted molar refractivity (Wildman–Crippen MR) is 99.4 cm³/mol. The molecule has 25 heavy (non-hydrogen) atoms. The summed E-state index contributed by atoms with van der Waals surface area (Å²) in [6, 6.07) is 8.25. The summed E-state index contributed by atoms with van der Waals surface area (Å²) in [5, 5.41) is 11.8. The number of benzene rings is 1. The van der Waals surface area contributed by atoms with Crippen LogP contribution in [-0.2, 0) is 15.1 Å². The standard InChI is InChI=1S/C21H33NO3/c1-16-7-6-8-17(11-16)21(23)13-20(10-9-18(21)12-22(4)5)24-14-19(2,3)15-25-20/h6-8,11,18,23H,9-10,12-15H2,1-5H3. The van der Waals surface area contributed by atoms with Gasteiger partial charge in [-0.05, 0) is 33.0 Å². The summed E-state index contributed by atoms with van der Waals surface area (Å²) in [6.07, 6.45) is 2.23. The van der Waals surface area contributed by atoms with E-state index in [0.717, 1.165) is 24.9 Å². The second kappa shape index (κ2) is 6.66. The zero-order valence-corrected chi connectivity index (χ0v) is 16.3. The van der Waals surface area contributed by atoms with Gasteiger partial charge in [0.25, 0.3) is 0 Å². The smallest absolute Gasteiger partial charge is 0.171 e. The molecule has 1 saturated carbocycles. The summed E-state index contributed by atoms with van der Waals surface area (Å²) in [5.74, 6) is -0.492. The van der Waals surface area contributed by atoms with E-state index in [9.17, 15) is 5.11 Å². The SMILES string of the molecule is Cc1cccc(C2(O)CC3(CCC2CN(C)C)OCC(C)(C)CO3)c1. The molecule has 140 valence electrons. The fraction of sp³-hybridized carbons (Fsp3) is 0.714. The molecule has 1 heterocycles. The molecule has 1 aliphatic heterocycles. The predicted octanol–water partition coefficient (Wildman–Crippen LogP) is 3.31. The Labute approximate surface area is 152 Å². The van der Waals surface area contributed by atoms with Gasteiger partial charge in [0.2, 0.25) is 0 Å². The van der Waals surface area contributed by atoms with Gasteiger partial charge < -0.3 is 19.5 Å². The first-order valence-electron chi connectivity index (χ1n) is 9.36. The fourth-order valence-electron chi connectivity index (χ4n) is 4.19. The van der Waals surface area contributed by atoms with E-state index in [2.05, 4.69) is 51.9 Å². The van der Waals surface area contributed by atoms with Crippen LogP contribution in [0.25, 0.3) is 0 Å². The Bertz CT molecular complexity index is 603. The van der Waals surface area contributed by atoms with E-state index < -0.39 is 11.4 Å². The molecule has 1 N–H and O–H groups in total. The second-order valence-corrected chi connectivity index (χ2v) is 9.12. The Morgan fingerprint density at radius 2 is 1.88 bits per heavy atom. The van der Waals surface area contributed by atoms with Gasteiger partial charge in [-0.2, -0.15) is 0 Å². The molecule has 0 amide bonds. The van der Waals surface area contributed by atoms with Crippen molar-refractivity contribution in [1.82, 2.24) is 4.90 Å². The highest BCUT2D eigenvalue weighted by Crippen LogP contribution is 2.50. The van der Waals surface area contributed by atoms with Gasteiger partial charge in [0.05, 0.1) is 18.8 Å². The quantitative estimate of drug-likeness (QED) is 0.911. The van der Waals surface area contributed by atoms with E-state index >= 15 is 0 Å². The van der Waals surface area contributed by atoms with Crippen LogP contribution >= 0.6 is 0 Å². The Morgan fingerprint density at radius 1 is 1.20 bits per heavy atom. The van der Waals surface area contributed by atoms with Crippen molar-refractivity contribution in [3.8, 4) is 0 Å². The first kappa shape index (κ1) is 18.8. The lowest BCUT2D eigenvalue weighted by Gasteiger charge is -2.53. The van der Waals surface area contributed by atoms with E-state index in [1.54, 1.807) is 0 Å². The van der Waals surface area contributed by atoms with Crippen molar-refractivity contribution in [1.29, 1.82) is 0 Å². The molecule has 3 rings (SSSR count). The molecule has 0 bridgehead atoms. The average Bonchev–Trinajstić information content (AvgIpc) is 2.53. The molecule has 0 aromatic heterocycles. The Balaban J connectivity index is 1.91. The van der Waals surface area contributed by atoms with Crippen molar-refractivity contribution in [2.75, 3.05) is 33.9 Å². The summed E-state index contributed by atoms with van der Waals surface area (Å²) in [6.45, 7) is 8.59. The van der Waals surface area contributed by atoms with Gasteiger partial charge in [-0.1, -0.05) is 43.7 Å². The third-order valence-electron chi connectivity index (χ3n) is 5.64. The van der Waals surface area contributed by atoms with E-state index in [-0.39, 0.29) is 11.3 Å². The van der Waals surface area contributed by atoms with Crippen LogP contribution in [0.5, 0.6) is 0 Å². The highest BCUT2D eigenvalue weighted by molar-refractivity contribution is 5.29. The number of rotatable bonds is 3. The van der Waals surface area contributed by atoms with Gasteiger partial charge in [0.15, 0.2) is 5.79 Å². The largest absolute Gasteiger partial charge is 0.385 e. The minimum Gasteiger partial charge on any atom is -0.385 e. The molecule has 1 aromatic rings. The zero-order valence-electron chi connectivity index (χ0n) is 16.3. The highest BCUT2D eigenvalue weighted by Gasteiger charge is 2.54. The summed E-state index contributed by atoms with van der Waals surface area (Å²) in [5.41, 5.74) is 1.25. The van der Waals surface area contributed by atoms with Crippen LogP contribution in [-0.4, -0.2) is 49.6 Å². The molecule has 2 atom stereocenters. The van der Waals surface area contributed by atoms with Gasteiger partial charge in [0, 0.05) is 30.7 Å². The summed E-state index contributed by atoms with van der Waals surface area (Å²) >= 11 is 0. The van der Waals surface area contributed by atoms with E-state index in [4.69, 9.17) is 9.47 Å². The van der Waals surface area contributed by atoms with Crippen LogP contribution in [0, 0.1) is 18.3 Å². The molecule has 1 saturated heterocycles. The normalized spacial score (nSPS) is 31.4. The number of aliphatic hydroxyl groups is 1. The van der Waals surface area contributed by atoms with Crippen LogP contribution < -0.4 is 0 Å². The van der Waals surface area contributed by atoms with Gasteiger partial charge in [-0.15, -0.1) is 0 Å². The topological polar surface area (TPSA) is 41.9 Å². The van der Waals surface area contributed by atoms with E-state index in [0.29, 0.717) is 19.6 Å². The van der Waals surface area contributed by atoms with Crippen LogP contribution in [0.15, 0.2) is 24.3 Å².